The van der Waals surface area contributed by atoms with E-state index in [4.69, 9.17) is 18.9 Å². The smallest absolute Gasteiger partial charge is 0.338 e. The number of rotatable bonds is 14. The van der Waals surface area contributed by atoms with Crippen LogP contribution in [0.15, 0.2) is 109 Å². The number of hydrogen-bond donors (Lipinski definition) is 0. The SMILES string of the molecule is C=C(C)COc1cc(/C=C/c2ccc(OC(=O)C(=C)C)cc2)c(OCC(=C)C)cc1/C=C/c1ccc(OC(=O)C(=C)C)cc1. The second kappa shape index (κ2) is 15.8. The van der Waals surface area contributed by atoms with Gasteiger partial charge in [0.25, 0.3) is 0 Å². The van der Waals surface area contributed by atoms with E-state index < -0.39 is 11.9 Å². The molecule has 0 saturated carbocycles. The summed E-state index contributed by atoms with van der Waals surface area (Å²) < 4.78 is 22.8. The van der Waals surface area contributed by atoms with Crippen LogP contribution in [0.25, 0.3) is 24.3 Å². The van der Waals surface area contributed by atoms with Gasteiger partial charge in [-0.3, -0.25) is 0 Å². The summed E-state index contributed by atoms with van der Waals surface area (Å²) in [6.45, 7) is 22.9. The van der Waals surface area contributed by atoms with Crippen molar-refractivity contribution in [3.8, 4) is 23.0 Å². The molecule has 0 aliphatic rings. The van der Waals surface area contributed by atoms with Gasteiger partial charge in [-0.2, -0.15) is 0 Å². The van der Waals surface area contributed by atoms with Crippen molar-refractivity contribution in [2.75, 3.05) is 13.2 Å². The van der Waals surface area contributed by atoms with Gasteiger partial charge in [0.05, 0.1) is 0 Å². The fourth-order valence-corrected chi connectivity index (χ4v) is 3.56. The first kappa shape index (κ1) is 33.1. The molecule has 0 aliphatic heterocycles. The summed E-state index contributed by atoms with van der Waals surface area (Å²) in [6.07, 6.45) is 7.75. The van der Waals surface area contributed by atoms with E-state index in [1.165, 1.54) is 0 Å². The van der Waals surface area contributed by atoms with Gasteiger partial charge in [-0.15, -0.1) is 0 Å². The quantitative estimate of drug-likeness (QED) is 0.0614. The third-order valence-electron chi connectivity index (χ3n) is 5.88. The molecule has 44 heavy (non-hydrogen) atoms. The van der Waals surface area contributed by atoms with Crippen molar-refractivity contribution in [1.82, 2.24) is 0 Å². The maximum absolute atomic E-state index is 11.8. The first-order valence-electron chi connectivity index (χ1n) is 14.0. The molecule has 0 amide bonds. The van der Waals surface area contributed by atoms with Gasteiger partial charge in [-0.05, 0) is 86.4 Å². The number of esters is 2. The minimum Gasteiger partial charge on any atom is -0.489 e. The molecule has 0 saturated heterocycles. The Balaban J connectivity index is 1.93. The molecule has 6 nitrogen and oxygen atoms in total. The maximum Gasteiger partial charge on any atom is 0.338 e. The van der Waals surface area contributed by atoms with E-state index in [2.05, 4.69) is 26.3 Å². The van der Waals surface area contributed by atoms with Gasteiger partial charge >= 0.3 is 11.9 Å². The van der Waals surface area contributed by atoms with Crippen molar-refractivity contribution >= 4 is 36.2 Å². The van der Waals surface area contributed by atoms with Crippen molar-refractivity contribution in [3.63, 3.8) is 0 Å². The molecule has 0 spiro atoms. The number of ether oxygens (including phenoxy) is 4. The van der Waals surface area contributed by atoms with Crippen LogP contribution in [-0.2, 0) is 9.59 Å². The summed E-state index contributed by atoms with van der Waals surface area (Å²) in [7, 11) is 0. The zero-order valence-electron chi connectivity index (χ0n) is 25.8. The van der Waals surface area contributed by atoms with Crippen molar-refractivity contribution < 1.29 is 28.5 Å². The number of carbonyl (C=O) groups excluding carboxylic acids is 2. The summed E-state index contributed by atoms with van der Waals surface area (Å²) >= 11 is 0. The fraction of sp³-hybridized carbons (Fsp3) is 0.158. The van der Waals surface area contributed by atoms with Crippen LogP contribution in [0.5, 0.6) is 23.0 Å². The third-order valence-corrected chi connectivity index (χ3v) is 5.88. The highest BCUT2D eigenvalue weighted by Crippen LogP contribution is 2.33. The predicted molar refractivity (Wildman–Crippen MR) is 179 cm³/mol. The van der Waals surface area contributed by atoms with Gasteiger partial charge < -0.3 is 18.9 Å². The number of benzene rings is 3. The van der Waals surface area contributed by atoms with Gasteiger partial charge in [-0.25, -0.2) is 9.59 Å². The molecule has 0 unspecified atom stereocenters. The lowest BCUT2D eigenvalue weighted by atomic mass is 10.0. The van der Waals surface area contributed by atoms with Crippen LogP contribution in [0.3, 0.4) is 0 Å². The Morgan fingerprint density at radius 1 is 0.568 bits per heavy atom. The molecule has 0 atom stereocenters. The van der Waals surface area contributed by atoms with Crippen LogP contribution in [-0.4, -0.2) is 25.2 Å². The van der Waals surface area contributed by atoms with E-state index in [-0.39, 0.29) is 0 Å². The average molecular weight is 591 g/mol. The van der Waals surface area contributed by atoms with E-state index in [1.807, 2.05) is 74.5 Å². The molecule has 226 valence electrons. The van der Waals surface area contributed by atoms with Crippen LogP contribution in [0.2, 0.25) is 0 Å². The predicted octanol–water partition coefficient (Wildman–Crippen LogP) is 8.90. The third kappa shape index (κ3) is 10.5. The summed E-state index contributed by atoms with van der Waals surface area (Å²) in [4.78, 5) is 23.6. The Morgan fingerprint density at radius 3 is 1.20 bits per heavy atom. The van der Waals surface area contributed by atoms with Gasteiger partial charge in [0, 0.05) is 22.3 Å². The van der Waals surface area contributed by atoms with Gasteiger partial charge in [0.1, 0.15) is 36.2 Å². The monoisotopic (exact) mass is 590 g/mol. The highest BCUT2D eigenvalue weighted by molar-refractivity contribution is 5.89. The van der Waals surface area contributed by atoms with Crippen molar-refractivity contribution in [1.29, 1.82) is 0 Å². The summed E-state index contributed by atoms with van der Waals surface area (Å²) in [5.74, 6) is 1.25. The molecule has 0 bridgehead atoms. The molecule has 6 heteroatoms. The summed E-state index contributed by atoms with van der Waals surface area (Å²) in [5, 5.41) is 0. The Kier molecular flexibility index (Phi) is 11.9. The van der Waals surface area contributed by atoms with Gasteiger partial charge in [0.2, 0.25) is 0 Å². The molecule has 0 aliphatic carbocycles. The first-order chi connectivity index (χ1) is 20.9. The molecule has 0 heterocycles. The van der Waals surface area contributed by atoms with Crippen LogP contribution >= 0.6 is 0 Å². The molecule has 0 N–H and O–H groups in total. The topological polar surface area (TPSA) is 71.1 Å². The molecular weight excluding hydrogens is 552 g/mol. The zero-order chi connectivity index (χ0) is 32.2. The minimum atomic E-state index is -0.467. The lowest BCUT2D eigenvalue weighted by molar-refractivity contribution is -0.130. The molecule has 0 fully saturated rings. The Labute approximate surface area is 259 Å². The van der Waals surface area contributed by atoms with E-state index >= 15 is 0 Å². The largest absolute Gasteiger partial charge is 0.489 e. The van der Waals surface area contributed by atoms with E-state index in [9.17, 15) is 9.59 Å². The highest BCUT2D eigenvalue weighted by Gasteiger charge is 2.11. The maximum atomic E-state index is 11.8. The summed E-state index contributed by atoms with van der Waals surface area (Å²) in [6, 6.07) is 18.2. The molecular formula is C38H38O6. The van der Waals surface area contributed by atoms with Crippen LogP contribution in [0.1, 0.15) is 49.9 Å². The average Bonchev–Trinajstić information content (AvgIpc) is 2.98. The van der Waals surface area contributed by atoms with E-state index in [0.717, 1.165) is 33.4 Å². The standard InChI is InChI=1S/C38H38O6/c1-25(2)23-41-35-21-32(16-10-30-13-19-34(20-14-30)44-38(40)28(7)8)36(42-24-26(3)4)22-31(35)15-9-29-11-17-33(18-12-29)43-37(39)27(5)6/h9-22H,1,3,5,7,23-24H2,2,4,6,8H3/b15-9+,16-10+. The van der Waals surface area contributed by atoms with E-state index in [0.29, 0.717) is 47.4 Å². The van der Waals surface area contributed by atoms with Crippen molar-refractivity contribution in [2.24, 2.45) is 0 Å². The van der Waals surface area contributed by atoms with Gasteiger partial charge in [-0.1, -0.05) is 74.9 Å². The molecule has 3 rings (SSSR count). The second-order valence-electron chi connectivity index (χ2n) is 10.6. The van der Waals surface area contributed by atoms with Crippen LogP contribution in [0, 0.1) is 0 Å². The highest BCUT2D eigenvalue weighted by atomic mass is 16.5. The van der Waals surface area contributed by atoms with Crippen LogP contribution < -0.4 is 18.9 Å². The van der Waals surface area contributed by atoms with Crippen molar-refractivity contribution in [2.45, 2.75) is 27.7 Å². The zero-order valence-corrected chi connectivity index (χ0v) is 25.8. The molecule has 0 aromatic heterocycles. The molecule has 3 aromatic rings. The van der Waals surface area contributed by atoms with E-state index in [1.54, 1.807) is 38.1 Å². The number of carbonyl (C=O) groups is 2. The lowest BCUT2D eigenvalue weighted by Crippen LogP contribution is -2.07. The first-order valence-corrected chi connectivity index (χ1v) is 14.0. The molecule has 0 radical (unpaired) electrons. The second-order valence-corrected chi connectivity index (χ2v) is 10.6. The Hall–Kier alpha value is -5.36. The molecule has 3 aromatic carbocycles. The van der Waals surface area contributed by atoms with Crippen molar-refractivity contribution in [3.05, 3.63) is 132 Å². The van der Waals surface area contributed by atoms with Gasteiger partial charge in [0.15, 0.2) is 0 Å². The Bertz CT molecular complexity index is 1500. The Morgan fingerprint density at radius 2 is 0.909 bits per heavy atom. The number of hydrogen-bond acceptors (Lipinski definition) is 6. The fourth-order valence-electron chi connectivity index (χ4n) is 3.56. The minimum absolute atomic E-state index is 0.332. The van der Waals surface area contributed by atoms with Crippen LogP contribution in [0.4, 0.5) is 0 Å². The lowest BCUT2D eigenvalue weighted by Gasteiger charge is -2.15. The normalized spacial score (nSPS) is 10.8. The summed E-state index contributed by atoms with van der Waals surface area (Å²) in [5.41, 5.74) is 5.84.